The molecule has 1 rings (SSSR count). The van der Waals surface area contributed by atoms with E-state index >= 15 is 0 Å². The fourth-order valence-electron chi connectivity index (χ4n) is 1.38. The summed E-state index contributed by atoms with van der Waals surface area (Å²) in [4.78, 5) is 34.0. The van der Waals surface area contributed by atoms with E-state index in [4.69, 9.17) is 5.11 Å². The second-order valence-electron chi connectivity index (χ2n) is 3.70. The van der Waals surface area contributed by atoms with Crippen LogP contribution in [0, 0.1) is 5.82 Å². The maximum absolute atomic E-state index is 12.7. The molecule has 1 aromatic carbocycles. The van der Waals surface area contributed by atoms with Crippen molar-refractivity contribution in [2.45, 2.75) is 13.3 Å². The molecule has 0 aromatic heterocycles. The summed E-state index contributed by atoms with van der Waals surface area (Å²) in [5.41, 5.74) is 0.512. The summed E-state index contributed by atoms with van der Waals surface area (Å²) < 4.78 is 12.7. The molecule has 0 unspecified atom stereocenters. The zero-order valence-electron chi connectivity index (χ0n) is 9.72. The number of aliphatic carboxylic acids is 1. The summed E-state index contributed by atoms with van der Waals surface area (Å²) in [5.74, 6) is -2.96. The molecule has 0 fully saturated rings. The molecule has 0 saturated heterocycles. The quantitative estimate of drug-likeness (QED) is 0.862. The van der Waals surface area contributed by atoms with Crippen molar-refractivity contribution in [2.75, 3.05) is 6.54 Å². The first kappa shape index (κ1) is 13.8. The van der Waals surface area contributed by atoms with Crippen molar-refractivity contribution in [3.8, 4) is 0 Å². The molecule has 18 heavy (non-hydrogen) atoms. The molecular weight excluding hydrogens is 241 g/mol. The van der Waals surface area contributed by atoms with Crippen molar-refractivity contribution < 1.29 is 23.9 Å². The average Bonchev–Trinajstić information content (AvgIpc) is 2.28. The Morgan fingerprint density at radius 2 is 1.78 bits per heavy atom. The van der Waals surface area contributed by atoms with Gasteiger partial charge in [0.1, 0.15) is 12.4 Å². The molecule has 2 amide bonds. The zero-order chi connectivity index (χ0) is 13.7. The maximum Gasteiger partial charge on any atom is 0.323 e. The van der Waals surface area contributed by atoms with Crippen molar-refractivity contribution in [1.29, 1.82) is 0 Å². The van der Waals surface area contributed by atoms with E-state index in [1.165, 1.54) is 24.3 Å². The fraction of sp³-hybridized carbons (Fsp3) is 0.250. The van der Waals surface area contributed by atoms with Gasteiger partial charge in [-0.05, 0) is 17.7 Å². The molecule has 0 saturated carbocycles. The van der Waals surface area contributed by atoms with Gasteiger partial charge in [-0.15, -0.1) is 0 Å². The van der Waals surface area contributed by atoms with E-state index in [1.54, 1.807) is 0 Å². The summed E-state index contributed by atoms with van der Waals surface area (Å²) in [6.45, 7) is 0.445. The lowest BCUT2D eigenvalue weighted by molar-refractivity contribution is -0.151. The first-order chi connectivity index (χ1) is 8.40. The SMILES string of the molecule is CC(=O)N(CC(=O)O)C(=O)Cc1ccc(F)cc1. The molecule has 0 spiro atoms. The van der Waals surface area contributed by atoms with Gasteiger partial charge in [0.2, 0.25) is 11.8 Å². The Balaban J connectivity index is 2.75. The van der Waals surface area contributed by atoms with Gasteiger partial charge in [-0.1, -0.05) is 12.1 Å². The number of rotatable bonds is 4. The van der Waals surface area contributed by atoms with E-state index in [2.05, 4.69) is 0 Å². The van der Waals surface area contributed by atoms with Crippen LogP contribution in [0.4, 0.5) is 4.39 Å². The normalized spacial score (nSPS) is 9.89. The Kier molecular flexibility index (Phi) is 4.53. The number of halogens is 1. The van der Waals surface area contributed by atoms with Gasteiger partial charge in [0, 0.05) is 6.92 Å². The lowest BCUT2D eigenvalue weighted by atomic mass is 10.1. The second-order valence-corrected chi connectivity index (χ2v) is 3.70. The highest BCUT2D eigenvalue weighted by atomic mass is 19.1. The summed E-state index contributed by atoms with van der Waals surface area (Å²) >= 11 is 0. The molecule has 0 aliphatic heterocycles. The molecule has 1 aromatic rings. The maximum atomic E-state index is 12.7. The Morgan fingerprint density at radius 1 is 1.22 bits per heavy atom. The lowest BCUT2D eigenvalue weighted by Crippen LogP contribution is -2.40. The van der Waals surface area contributed by atoms with Gasteiger partial charge in [-0.2, -0.15) is 0 Å². The first-order valence-electron chi connectivity index (χ1n) is 5.17. The third-order valence-corrected chi connectivity index (χ3v) is 2.24. The Labute approximate surface area is 103 Å². The number of carboxylic acids is 1. The highest BCUT2D eigenvalue weighted by Gasteiger charge is 2.20. The molecule has 96 valence electrons. The van der Waals surface area contributed by atoms with Crippen LogP contribution in [0.5, 0.6) is 0 Å². The predicted molar refractivity (Wildman–Crippen MR) is 60.1 cm³/mol. The molecule has 0 aliphatic carbocycles. The lowest BCUT2D eigenvalue weighted by Gasteiger charge is -2.16. The number of carbonyl (C=O) groups excluding carboxylic acids is 2. The molecule has 0 aliphatic rings. The summed E-state index contributed by atoms with van der Waals surface area (Å²) in [5, 5.41) is 8.59. The summed E-state index contributed by atoms with van der Waals surface area (Å²) in [7, 11) is 0. The zero-order valence-corrected chi connectivity index (χ0v) is 9.72. The van der Waals surface area contributed by atoms with E-state index in [-0.39, 0.29) is 6.42 Å². The molecule has 0 atom stereocenters. The number of carbonyl (C=O) groups is 3. The number of hydrogen-bond acceptors (Lipinski definition) is 3. The van der Waals surface area contributed by atoms with Gasteiger partial charge < -0.3 is 5.11 Å². The monoisotopic (exact) mass is 253 g/mol. The van der Waals surface area contributed by atoms with Crippen LogP contribution in [-0.2, 0) is 20.8 Å². The fourth-order valence-corrected chi connectivity index (χ4v) is 1.38. The van der Waals surface area contributed by atoms with Crippen LogP contribution < -0.4 is 0 Å². The van der Waals surface area contributed by atoms with Crippen LogP contribution in [0.2, 0.25) is 0 Å². The van der Waals surface area contributed by atoms with Gasteiger partial charge in [-0.3, -0.25) is 19.3 Å². The minimum Gasteiger partial charge on any atom is -0.480 e. The van der Waals surface area contributed by atoms with Crippen molar-refractivity contribution in [3.63, 3.8) is 0 Å². The van der Waals surface area contributed by atoms with Gasteiger partial charge in [0.05, 0.1) is 6.42 Å². The molecular formula is C12H12FNO4. The Morgan fingerprint density at radius 3 is 2.22 bits per heavy atom. The summed E-state index contributed by atoms with van der Waals surface area (Å²) in [6.07, 6.45) is -0.146. The highest BCUT2D eigenvalue weighted by Crippen LogP contribution is 2.06. The third kappa shape index (κ3) is 3.97. The Hall–Kier alpha value is -2.24. The van der Waals surface area contributed by atoms with E-state index < -0.39 is 30.1 Å². The molecule has 0 radical (unpaired) electrons. The largest absolute Gasteiger partial charge is 0.480 e. The minimum absolute atomic E-state index is 0.146. The van der Waals surface area contributed by atoms with Crippen LogP contribution >= 0.6 is 0 Å². The standard InChI is InChI=1S/C12H12FNO4/c1-8(15)14(7-12(17)18)11(16)6-9-2-4-10(13)5-3-9/h2-5H,6-7H2,1H3,(H,17,18). The molecule has 1 N–H and O–H groups in total. The van der Waals surface area contributed by atoms with E-state index in [0.29, 0.717) is 10.5 Å². The average molecular weight is 253 g/mol. The van der Waals surface area contributed by atoms with Crippen LogP contribution in [0.1, 0.15) is 12.5 Å². The van der Waals surface area contributed by atoms with Crippen molar-refractivity contribution in [2.24, 2.45) is 0 Å². The second kappa shape index (κ2) is 5.90. The van der Waals surface area contributed by atoms with Gasteiger partial charge in [0.25, 0.3) is 0 Å². The number of imide groups is 1. The molecule has 5 nitrogen and oxygen atoms in total. The highest BCUT2D eigenvalue weighted by molar-refractivity contribution is 5.97. The first-order valence-corrected chi connectivity index (χ1v) is 5.17. The number of amides is 2. The van der Waals surface area contributed by atoms with Crippen LogP contribution in [0.25, 0.3) is 0 Å². The van der Waals surface area contributed by atoms with E-state index in [0.717, 1.165) is 6.92 Å². The van der Waals surface area contributed by atoms with Gasteiger partial charge >= 0.3 is 5.97 Å². The molecule has 0 bridgehead atoms. The van der Waals surface area contributed by atoms with Crippen molar-refractivity contribution in [1.82, 2.24) is 4.90 Å². The number of hydrogen-bond donors (Lipinski definition) is 1. The van der Waals surface area contributed by atoms with E-state index in [9.17, 15) is 18.8 Å². The topological polar surface area (TPSA) is 74.7 Å². The van der Waals surface area contributed by atoms with Crippen LogP contribution in [-0.4, -0.2) is 34.3 Å². The Bertz CT molecular complexity index is 469. The minimum atomic E-state index is -1.27. The number of benzene rings is 1. The van der Waals surface area contributed by atoms with Gasteiger partial charge in [-0.25, -0.2) is 4.39 Å². The number of carboxylic acid groups (broad SMARTS) is 1. The summed E-state index contributed by atoms with van der Waals surface area (Å²) in [6, 6.07) is 5.20. The van der Waals surface area contributed by atoms with Crippen LogP contribution in [0.3, 0.4) is 0 Å². The predicted octanol–water partition coefficient (Wildman–Crippen LogP) is 0.828. The molecule has 6 heteroatoms. The van der Waals surface area contributed by atoms with Crippen LogP contribution in [0.15, 0.2) is 24.3 Å². The molecule has 0 heterocycles. The van der Waals surface area contributed by atoms with Gasteiger partial charge in [0.15, 0.2) is 0 Å². The van der Waals surface area contributed by atoms with Crippen molar-refractivity contribution >= 4 is 17.8 Å². The smallest absolute Gasteiger partial charge is 0.323 e. The third-order valence-electron chi connectivity index (χ3n) is 2.24. The number of nitrogens with zero attached hydrogens (tertiary/aromatic N) is 1. The van der Waals surface area contributed by atoms with E-state index in [1.807, 2.05) is 0 Å². The van der Waals surface area contributed by atoms with Crippen molar-refractivity contribution in [3.05, 3.63) is 35.6 Å².